The third-order valence-corrected chi connectivity index (χ3v) is 5.90. The van der Waals surface area contributed by atoms with Crippen LogP contribution in [-0.2, 0) is 17.7 Å². The van der Waals surface area contributed by atoms with Gasteiger partial charge in [0.1, 0.15) is 10.8 Å². The van der Waals surface area contributed by atoms with E-state index in [2.05, 4.69) is 32.4 Å². The standard InChI is InChI=1S/C20H28FN5OS/c1-3-17-12-23-19(28-17)14-25-20(22-2)24-13-18(26-7-9-27-10-8-26)15-5-4-6-16(21)11-15/h4-6,11-12,18H,3,7-10,13-14H2,1-2H3,(H2,22,24,25). The quantitative estimate of drug-likeness (QED) is 0.548. The SMILES string of the molecule is CCc1cnc(CNC(=NC)NCC(c2cccc(F)c2)N2CCOCC2)s1. The van der Waals surface area contributed by atoms with Crippen LogP contribution >= 0.6 is 11.3 Å². The minimum absolute atomic E-state index is 0.0460. The maximum absolute atomic E-state index is 13.8. The van der Waals surface area contributed by atoms with Gasteiger partial charge in [0.15, 0.2) is 5.96 Å². The van der Waals surface area contributed by atoms with Gasteiger partial charge in [0.05, 0.1) is 25.8 Å². The summed E-state index contributed by atoms with van der Waals surface area (Å²) >= 11 is 1.71. The average molecular weight is 406 g/mol. The molecule has 0 spiro atoms. The molecule has 0 amide bonds. The molecule has 1 aromatic carbocycles. The molecule has 28 heavy (non-hydrogen) atoms. The van der Waals surface area contributed by atoms with Gasteiger partial charge in [-0.15, -0.1) is 11.3 Å². The first-order valence-electron chi connectivity index (χ1n) is 9.65. The number of hydrogen-bond acceptors (Lipinski definition) is 5. The second kappa shape index (κ2) is 10.5. The molecule has 1 aromatic heterocycles. The molecule has 0 bridgehead atoms. The molecule has 3 rings (SSSR count). The number of aryl methyl sites for hydroxylation is 1. The molecule has 0 saturated carbocycles. The number of nitrogens with zero attached hydrogens (tertiary/aromatic N) is 3. The van der Waals surface area contributed by atoms with Crippen LogP contribution in [0.4, 0.5) is 4.39 Å². The highest BCUT2D eigenvalue weighted by Crippen LogP contribution is 2.22. The Balaban J connectivity index is 1.62. The third-order valence-electron chi connectivity index (χ3n) is 4.76. The van der Waals surface area contributed by atoms with Crippen molar-refractivity contribution in [2.45, 2.75) is 25.9 Å². The van der Waals surface area contributed by atoms with Gasteiger partial charge in [-0.1, -0.05) is 19.1 Å². The van der Waals surface area contributed by atoms with Gasteiger partial charge in [-0.25, -0.2) is 9.37 Å². The molecule has 1 atom stereocenters. The lowest BCUT2D eigenvalue weighted by Gasteiger charge is -2.35. The molecule has 152 valence electrons. The van der Waals surface area contributed by atoms with Crippen LogP contribution in [0.25, 0.3) is 0 Å². The summed E-state index contributed by atoms with van der Waals surface area (Å²) < 4.78 is 19.3. The second-order valence-electron chi connectivity index (χ2n) is 6.60. The lowest BCUT2D eigenvalue weighted by Crippen LogP contribution is -2.46. The molecule has 0 radical (unpaired) electrons. The zero-order valence-corrected chi connectivity index (χ0v) is 17.3. The van der Waals surface area contributed by atoms with E-state index in [0.717, 1.165) is 30.1 Å². The predicted molar refractivity (Wildman–Crippen MR) is 111 cm³/mol. The Morgan fingerprint density at radius 2 is 2.18 bits per heavy atom. The maximum Gasteiger partial charge on any atom is 0.191 e. The van der Waals surface area contributed by atoms with Gasteiger partial charge in [0, 0.05) is 37.8 Å². The summed E-state index contributed by atoms with van der Waals surface area (Å²) in [5.41, 5.74) is 0.956. The van der Waals surface area contributed by atoms with Crippen molar-refractivity contribution in [1.82, 2.24) is 20.5 Å². The monoisotopic (exact) mass is 405 g/mol. The fourth-order valence-electron chi connectivity index (χ4n) is 3.23. The second-order valence-corrected chi connectivity index (χ2v) is 7.80. The molecule has 1 aliphatic rings. The summed E-state index contributed by atoms with van der Waals surface area (Å²) in [4.78, 5) is 12.3. The van der Waals surface area contributed by atoms with Crippen LogP contribution in [-0.4, -0.2) is 55.7 Å². The summed E-state index contributed by atoms with van der Waals surface area (Å²) in [5.74, 6) is 0.497. The van der Waals surface area contributed by atoms with Crippen LogP contribution in [0.15, 0.2) is 35.5 Å². The number of thiazole rings is 1. The van der Waals surface area contributed by atoms with Gasteiger partial charge < -0.3 is 15.4 Å². The largest absolute Gasteiger partial charge is 0.379 e. The lowest BCUT2D eigenvalue weighted by molar-refractivity contribution is 0.0169. The van der Waals surface area contributed by atoms with Crippen molar-refractivity contribution < 1.29 is 9.13 Å². The topological polar surface area (TPSA) is 61.8 Å². The van der Waals surface area contributed by atoms with Gasteiger partial charge in [0.25, 0.3) is 0 Å². The summed E-state index contributed by atoms with van der Waals surface area (Å²) in [5, 5.41) is 7.74. The molecule has 8 heteroatoms. The minimum Gasteiger partial charge on any atom is -0.379 e. The molecular weight excluding hydrogens is 377 g/mol. The number of morpholine rings is 1. The highest BCUT2D eigenvalue weighted by Gasteiger charge is 2.23. The van der Waals surface area contributed by atoms with Crippen LogP contribution in [0, 0.1) is 5.82 Å². The molecule has 2 N–H and O–H groups in total. The van der Waals surface area contributed by atoms with Crippen LogP contribution in [0.5, 0.6) is 0 Å². The van der Waals surface area contributed by atoms with Gasteiger partial charge >= 0.3 is 0 Å². The predicted octanol–water partition coefficient (Wildman–Crippen LogP) is 2.58. The van der Waals surface area contributed by atoms with Crippen LogP contribution in [0.2, 0.25) is 0 Å². The van der Waals surface area contributed by atoms with Crippen molar-refractivity contribution in [3.05, 3.63) is 51.7 Å². The van der Waals surface area contributed by atoms with Gasteiger partial charge in [-0.3, -0.25) is 9.89 Å². The van der Waals surface area contributed by atoms with E-state index in [0.29, 0.717) is 32.3 Å². The first-order valence-corrected chi connectivity index (χ1v) is 10.5. The van der Waals surface area contributed by atoms with Crippen molar-refractivity contribution in [2.75, 3.05) is 39.9 Å². The van der Waals surface area contributed by atoms with E-state index in [1.165, 1.54) is 10.9 Å². The summed E-state index contributed by atoms with van der Waals surface area (Å²) in [6.07, 6.45) is 2.93. The Kier molecular flexibility index (Phi) is 7.76. The Morgan fingerprint density at radius 3 is 2.86 bits per heavy atom. The van der Waals surface area contributed by atoms with Gasteiger partial charge in [-0.2, -0.15) is 0 Å². The molecular formula is C20H28FN5OS. The molecule has 1 saturated heterocycles. The molecule has 2 heterocycles. The van der Waals surface area contributed by atoms with E-state index >= 15 is 0 Å². The number of hydrogen-bond donors (Lipinski definition) is 2. The van der Waals surface area contributed by atoms with Crippen LogP contribution < -0.4 is 10.6 Å². The molecule has 1 fully saturated rings. The van der Waals surface area contributed by atoms with E-state index < -0.39 is 0 Å². The Hall–Kier alpha value is -2.03. The number of aromatic nitrogens is 1. The number of aliphatic imine (C=N–C) groups is 1. The molecule has 0 aliphatic carbocycles. The number of ether oxygens (including phenoxy) is 1. The third kappa shape index (κ3) is 5.73. The smallest absolute Gasteiger partial charge is 0.191 e. The van der Waals surface area contributed by atoms with Crippen molar-refractivity contribution in [3.8, 4) is 0 Å². The van der Waals surface area contributed by atoms with E-state index in [4.69, 9.17) is 4.74 Å². The molecule has 1 aliphatic heterocycles. The van der Waals surface area contributed by atoms with E-state index in [-0.39, 0.29) is 11.9 Å². The molecule has 1 unspecified atom stereocenters. The minimum atomic E-state index is -0.214. The van der Waals surface area contributed by atoms with E-state index in [1.807, 2.05) is 12.3 Å². The van der Waals surface area contributed by atoms with E-state index in [1.54, 1.807) is 30.5 Å². The fraction of sp³-hybridized carbons (Fsp3) is 0.500. The lowest BCUT2D eigenvalue weighted by atomic mass is 10.0. The number of nitrogens with one attached hydrogen (secondary N) is 2. The first kappa shape index (κ1) is 20.7. The van der Waals surface area contributed by atoms with Gasteiger partial charge in [-0.05, 0) is 24.1 Å². The van der Waals surface area contributed by atoms with Crippen molar-refractivity contribution >= 4 is 17.3 Å². The highest BCUT2D eigenvalue weighted by atomic mass is 32.1. The zero-order chi connectivity index (χ0) is 19.8. The Labute approximate surface area is 169 Å². The van der Waals surface area contributed by atoms with Crippen LogP contribution in [0.3, 0.4) is 0 Å². The number of rotatable bonds is 7. The average Bonchev–Trinajstić information content (AvgIpc) is 3.19. The number of guanidine groups is 1. The number of halogens is 1. The Bertz CT molecular complexity index is 775. The van der Waals surface area contributed by atoms with E-state index in [9.17, 15) is 4.39 Å². The Morgan fingerprint density at radius 1 is 1.36 bits per heavy atom. The fourth-order valence-corrected chi connectivity index (χ4v) is 4.03. The van der Waals surface area contributed by atoms with Crippen molar-refractivity contribution in [3.63, 3.8) is 0 Å². The van der Waals surface area contributed by atoms with Gasteiger partial charge in [0.2, 0.25) is 0 Å². The summed E-state index contributed by atoms with van der Waals surface area (Å²) in [6.45, 7) is 6.43. The summed E-state index contributed by atoms with van der Waals surface area (Å²) in [6, 6.07) is 6.87. The highest BCUT2D eigenvalue weighted by molar-refractivity contribution is 7.11. The van der Waals surface area contributed by atoms with Crippen molar-refractivity contribution in [1.29, 1.82) is 0 Å². The van der Waals surface area contributed by atoms with Crippen LogP contribution in [0.1, 0.15) is 28.4 Å². The zero-order valence-electron chi connectivity index (χ0n) is 16.4. The number of benzene rings is 1. The maximum atomic E-state index is 13.8. The summed E-state index contributed by atoms with van der Waals surface area (Å²) in [7, 11) is 1.75. The molecule has 6 nitrogen and oxygen atoms in total. The normalized spacial score (nSPS) is 16.8. The van der Waals surface area contributed by atoms with Crippen molar-refractivity contribution in [2.24, 2.45) is 4.99 Å². The molecule has 2 aromatic rings. The first-order chi connectivity index (χ1) is 13.7.